The molecule has 1 aliphatic heterocycles. The highest BCUT2D eigenvalue weighted by Gasteiger charge is 2.28. The zero-order valence-electron chi connectivity index (χ0n) is 12.1. The third-order valence-electron chi connectivity index (χ3n) is 3.95. The molecule has 2 aromatic carbocycles. The first kappa shape index (κ1) is 13.5. The Labute approximate surface area is 123 Å². The zero-order valence-corrected chi connectivity index (χ0v) is 12.1. The normalized spacial score (nSPS) is 16.9. The van der Waals surface area contributed by atoms with Gasteiger partial charge >= 0.3 is 0 Å². The summed E-state index contributed by atoms with van der Waals surface area (Å²) in [5.74, 6) is 0.512. The van der Waals surface area contributed by atoms with Gasteiger partial charge in [-0.05, 0) is 42.7 Å². The largest absolute Gasteiger partial charge is 0.478 e. The van der Waals surface area contributed by atoms with Crippen LogP contribution in [0.3, 0.4) is 0 Å². The number of hydrogen-bond acceptors (Lipinski definition) is 3. The van der Waals surface area contributed by atoms with Crippen LogP contribution in [-0.2, 0) is 11.2 Å². The topological polar surface area (TPSA) is 64.3 Å². The van der Waals surface area contributed by atoms with E-state index in [1.165, 1.54) is 11.1 Å². The van der Waals surface area contributed by atoms with E-state index in [-0.39, 0.29) is 5.91 Å². The maximum absolute atomic E-state index is 12.2. The van der Waals surface area contributed by atoms with Crippen LogP contribution in [0, 0.1) is 13.8 Å². The minimum Gasteiger partial charge on any atom is -0.478 e. The maximum atomic E-state index is 12.2. The summed E-state index contributed by atoms with van der Waals surface area (Å²) in [5.41, 5.74) is 10.6. The summed E-state index contributed by atoms with van der Waals surface area (Å²) in [6, 6.07) is 11.4. The van der Waals surface area contributed by atoms with E-state index in [1.807, 2.05) is 12.1 Å². The van der Waals surface area contributed by atoms with E-state index in [1.54, 1.807) is 18.2 Å². The highest BCUT2D eigenvalue weighted by Crippen LogP contribution is 2.32. The number of amides is 1. The van der Waals surface area contributed by atoms with Gasteiger partial charge in [-0.25, -0.2) is 0 Å². The lowest BCUT2D eigenvalue weighted by Crippen LogP contribution is -2.38. The van der Waals surface area contributed by atoms with Gasteiger partial charge in [-0.1, -0.05) is 18.2 Å². The van der Waals surface area contributed by atoms with Crippen LogP contribution in [0.2, 0.25) is 0 Å². The quantitative estimate of drug-likeness (QED) is 0.832. The monoisotopic (exact) mass is 282 g/mol. The molecule has 1 amide bonds. The second kappa shape index (κ2) is 5.13. The molecule has 1 atom stereocenters. The molecular formula is C17H18N2O2. The van der Waals surface area contributed by atoms with Gasteiger partial charge in [0.1, 0.15) is 5.75 Å². The minimum absolute atomic E-state index is 0.117. The molecule has 0 saturated carbocycles. The van der Waals surface area contributed by atoms with Crippen LogP contribution in [0.1, 0.15) is 16.7 Å². The summed E-state index contributed by atoms with van der Waals surface area (Å²) < 4.78 is 5.83. The number of carbonyl (C=O) groups excluding carboxylic acids is 1. The molecule has 0 fully saturated rings. The van der Waals surface area contributed by atoms with Crippen molar-refractivity contribution in [3.05, 3.63) is 53.1 Å². The highest BCUT2D eigenvalue weighted by atomic mass is 16.5. The number of rotatable bonds is 2. The SMILES string of the molecule is Cc1cccc(CC2Oc3cc(N)ccc3NC2=O)c1C. The Bertz CT molecular complexity index is 710. The van der Waals surface area contributed by atoms with E-state index in [0.29, 0.717) is 23.5 Å². The average Bonchev–Trinajstić information content (AvgIpc) is 2.45. The number of carbonyl (C=O) groups is 1. The van der Waals surface area contributed by atoms with Crippen LogP contribution in [0.25, 0.3) is 0 Å². The highest BCUT2D eigenvalue weighted by molar-refractivity contribution is 5.98. The number of nitrogens with two attached hydrogens (primary N) is 1. The third kappa shape index (κ3) is 2.57. The number of anilines is 2. The summed E-state index contributed by atoms with van der Waals surface area (Å²) in [6.07, 6.45) is 0.0212. The number of nitrogens with one attached hydrogen (secondary N) is 1. The van der Waals surface area contributed by atoms with E-state index in [2.05, 4.69) is 25.2 Å². The van der Waals surface area contributed by atoms with E-state index < -0.39 is 6.10 Å². The number of hydrogen-bond donors (Lipinski definition) is 2. The van der Waals surface area contributed by atoms with E-state index in [0.717, 1.165) is 5.56 Å². The smallest absolute Gasteiger partial charge is 0.265 e. The molecule has 3 N–H and O–H groups in total. The number of benzene rings is 2. The predicted octanol–water partition coefficient (Wildman–Crippen LogP) is 2.83. The van der Waals surface area contributed by atoms with Gasteiger partial charge in [0.2, 0.25) is 0 Å². The van der Waals surface area contributed by atoms with Crippen molar-refractivity contribution in [1.82, 2.24) is 0 Å². The standard InChI is InChI=1S/C17H18N2O2/c1-10-4-3-5-12(11(10)2)8-16-17(20)19-14-7-6-13(18)9-15(14)21-16/h3-7,9,16H,8,18H2,1-2H3,(H,19,20). The number of fused-ring (bicyclic) bond motifs is 1. The van der Waals surface area contributed by atoms with E-state index >= 15 is 0 Å². The molecule has 0 aromatic heterocycles. The summed E-state index contributed by atoms with van der Waals surface area (Å²) >= 11 is 0. The van der Waals surface area contributed by atoms with Crippen molar-refractivity contribution in [1.29, 1.82) is 0 Å². The molecule has 1 unspecified atom stereocenters. The second-order valence-corrected chi connectivity index (χ2v) is 5.41. The van der Waals surface area contributed by atoms with Crippen LogP contribution in [0.15, 0.2) is 36.4 Å². The van der Waals surface area contributed by atoms with E-state index in [9.17, 15) is 4.79 Å². The molecule has 3 rings (SSSR count). The van der Waals surface area contributed by atoms with Crippen LogP contribution >= 0.6 is 0 Å². The van der Waals surface area contributed by atoms with Crippen LogP contribution < -0.4 is 15.8 Å². The van der Waals surface area contributed by atoms with Crippen LogP contribution in [0.4, 0.5) is 11.4 Å². The van der Waals surface area contributed by atoms with Gasteiger partial charge in [0.15, 0.2) is 6.10 Å². The fourth-order valence-electron chi connectivity index (χ4n) is 2.53. The third-order valence-corrected chi connectivity index (χ3v) is 3.95. The fraction of sp³-hybridized carbons (Fsp3) is 0.235. The van der Waals surface area contributed by atoms with Gasteiger partial charge in [-0.3, -0.25) is 4.79 Å². The minimum atomic E-state index is -0.528. The molecule has 0 radical (unpaired) electrons. The first-order valence-electron chi connectivity index (χ1n) is 6.97. The Balaban J connectivity index is 1.87. The molecule has 0 spiro atoms. The molecule has 0 bridgehead atoms. The molecule has 0 saturated heterocycles. The Kier molecular flexibility index (Phi) is 3.29. The van der Waals surface area contributed by atoms with Gasteiger partial charge in [0, 0.05) is 18.2 Å². The Morgan fingerprint density at radius 2 is 2.05 bits per heavy atom. The number of nitrogen functional groups attached to an aromatic ring is 1. The summed E-state index contributed by atoms with van der Waals surface area (Å²) in [7, 11) is 0. The lowest BCUT2D eigenvalue weighted by Gasteiger charge is -2.26. The van der Waals surface area contributed by atoms with Gasteiger partial charge in [-0.2, -0.15) is 0 Å². The molecule has 108 valence electrons. The second-order valence-electron chi connectivity index (χ2n) is 5.41. The number of ether oxygens (including phenoxy) is 1. The van der Waals surface area contributed by atoms with Crippen LogP contribution in [-0.4, -0.2) is 12.0 Å². The molecule has 4 heteroatoms. The molecule has 1 heterocycles. The zero-order chi connectivity index (χ0) is 15.0. The molecular weight excluding hydrogens is 264 g/mol. The van der Waals surface area contributed by atoms with Crippen molar-refractivity contribution >= 4 is 17.3 Å². The number of aryl methyl sites for hydroxylation is 1. The van der Waals surface area contributed by atoms with Gasteiger partial charge in [0.05, 0.1) is 5.69 Å². The summed E-state index contributed by atoms with van der Waals surface area (Å²) in [6.45, 7) is 4.13. The Hall–Kier alpha value is -2.49. The van der Waals surface area contributed by atoms with Crippen molar-refractivity contribution in [2.75, 3.05) is 11.1 Å². The van der Waals surface area contributed by atoms with Crippen molar-refractivity contribution < 1.29 is 9.53 Å². The lowest BCUT2D eigenvalue weighted by molar-refractivity contribution is -0.123. The first-order valence-corrected chi connectivity index (χ1v) is 6.97. The molecule has 1 aliphatic rings. The Morgan fingerprint density at radius 1 is 1.24 bits per heavy atom. The lowest BCUT2D eigenvalue weighted by atomic mass is 9.98. The summed E-state index contributed by atoms with van der Waals surface area (Å²) in [4.78, 5) is 12.2. The van der Waals surface area contributed by atoms with Crippen LogP contribution in [0.5, 0.6) is 5.75 Å². The summed E-state index contributed by atoms with van der Waals surface area (Å²) in [5, 5.41) is 2.87. The van der Waals surface area contributed by atoms with Gasteiger partial charge < -0.3 is 15.8 Å². The molecule has 4 nitrogen and oxygen atoms in total. The fourth-order valence-corrected chi connectivity index (χ4v) is 2.53. The van der Waals surface area contributed by atoms with E-state index in [4.69, 9.17) is 10.5 Å². The average molecular weight is 282 g/mol. The molecule has 2 aromatic rings. The molecule has 0 aliphatic carbocycles. The first-order chi connectivity index (χ1) is 10.0. The van der Waals surface area contributed by atoms with Crippen molar-refractivity contribution in [2.24, 2.45) is 0 Å². The van der Waals surface area contributed by atoms with Crippen molar-refractivity contribution in [3.63, 3.8) is 0 Å². The van der Waals surface area contributed by atoms with Gasteiger partial charge in [0.25, 0.3) is 5.91 Å². The maximum Gasteiger partial charge on any atom is 0.265 e. The van der Waals surface area contributed by atoms with Gasteiger partial charge in [-0.15, -0.1) is 0 Å². The van der Waals surface area contributed by atoms with Crippen molar-refractivity contribution in [3.8, 4) is 5.75 Å². The predicted molar refractivity (Wildman–Crippen MR) is 83.5 cm³/mol. The Morgan fingerprint density at radius 3 is 2.86 bits per heavy atom. The molecule has 21 heavy (non-hydrogen) atoms. The van der Waals surface area contributed by atoms with Crippen molar-refractivity contribution in [2.45, 2.75) is 26.4 Å².